The lowest BCUT2D eigenvalue weighted by Gasteiger charge is -2.24. The largest absolute Gasteiger partial charge is 0.379 e. The Hall–Kier alpha value is -1.34. The molecule has 1 aliphatic heterocycles. The fourth-order valence-electron chi connectivity index (χ4n) is 1.65. The van der Waals surface area contributed by atoms with Gasteiger partial charge in [-0.2, -0.15) is 10.1 Å². The van der Waals surface area contributed by atoms with E-state index in [9.17, 15) is 0 Å². The van der Waals surface area contributed by atoms with Crippen LogP contribution < -0.4 is 5.32 Å². The summed E-state index contributed by atoms with van der Waals surface area (Å²) < 4.78 is 5.19. The maximum Gasteiger partial charge on any atom is 0.225 e. The molecule has 1 aliphatic rings. The van der Waals surface area contributed by atoms with Gasteiger partial charge in [0.1, 0.15) is 5.03 Å². The van der Waals surface area contributed by atoms with Gasteiger partial charge >= 0.3 is 0 Å². The Labute approximate surface area is 109 Å². The van der Waals surface area contributed by atoms with Crippen molar-refractivity contribution in [2.45, 2.75) is 23.6 Å². The van der Waals surface area contributed by atoms with E-state index in [1.807, 2.05) is 0 Å². The van der Waals surface area contributed by atoms with Crippen LogP contribution in [-0.4, -0.2) is 45.2 Å². The summed E-state index contributed by atoms with van der Waals surface area (Å²) in [6.45, 7) is 4.58. The summed E-state index contributed by atoms with van der Waals surface area (Å²) in [5, 5.41) is 12.6. The number of ether oxygens (including phenoxy) is 1. The van der Waals surface area contributed by atoms with Gasteiger partial charge in [-0.1, -0.05) is 18.7 Å². The molecule has 3 rings (SSSR count). The Morgan fingerprint density at radius 2 is 2.39 bits per heavy atom. The first-order valence-corrected chi connectivity index (χ1v) is 6.94. The van der Waals surface area contributed by atoms with Crippen LogP contribution in [0.2, 0.25) is 0 Å². The fourth-order valence-corrected chi connectivity index (χ4v) is 2.71. The van der Waals surface area contributed by atoms with Crippen LogP contribution in [0.4, 0.5) is 5.95 Å². The first-order valence-electron chi connectivity index (χ1n) is 6.06. The number of aromatic nitrogens is 4. The summed E-state index contributed by atoms with van der Waals surface area (Å²) in [5.74, 6) is 0.663. The van der Waals surface area contributed by atoms with Crippen molar-refractivity contribution in [2.24, 2.45) is 0 Å². The molecule has 6 nitrogen and oxygen atoms in total. The number of nitrogens with zero attached hydrogens (tertiary/aromatic N) is 3. The Morgan fingerprint density at radius 1 is 1.50 bits per heavy atom. The molecule has 0 saturated carbocycles. The van der Waals surface area contributed by atoms with Crippen molar-refractivity contribution in [3.8, 4) is 0 Å². The van der Waals surface area contributed by atoms with E-state index in [0.717, 1.165) is 42.2 Å². The molecule has 0 aliphatic carbocycles. The molecule has 0 spiro atoms. The third-order valence-electron chi connectivity index (χ3n) is 2.69. The van der Waals surface area contributed by atoms with E-state index in [-0.39, 0.29) is 0 Å². The van der Waals surface area contributed by atoms with E-state index in [4.69, 9.17) is 4.74 Å². The molecule has 0 aromatic carbocycles. The monoisotopic (exact) mass is 265 g/mol. The van der Waals surface area contributed by atoms with Crippen LogP contribution >= 0.6 is 11.8 Å². The normalized spacial score (nSPS) is 15.8. The van der Waals surface area contributed by atoms with Gasteiger partial charge in [0.25, 0.3) is 0 Å². The summed E-state index contributed by atoms with van der Waals surface area (Å²) in [6, 6.07) is 0. The van der Waals surface area contributed by atoms with Crippen LogP contribution in [0.5, 0.6) is 0 Å². The zero-order valence-corrected chi connectivity index (χ0v) is 11.0. The van der Waals surface area contributed by atoms with Crippen LogP contribution in [0.3, 0.4) is 0 Å². The van der Waals surface area contributed by atoms with Crippen molar-refractivity contribution in [1.82, 2.24) is 20.2 Å². The Balaban J connectivity index is 1.89. The molecule has 1 saturated heterocycles. The molecular weight excluding hydrogens is 250 g/mol. The second kappa shape index (κ2) is 5.11. The van der Waals surface area contributed by atoms with Crippen molar-refractivity contribution in [3.63, 3.8) is 0 Å². The molecule has 0 atom stereocenters. The van der Waals surface area contributed by atoms with Crippen LogP contribution in [0.1, 0.15) is 13.3 Å². The molecular formula is C11H15N5OS. The molecule has 96 valence electrons. The Kier molecular flexibility index (Phi) is 3.33. The molecule has 7 heteroatoms. The predicted molar refractivity (Wildman–Crippen MR) is 70.9 cm³/mol. The van der Waals surface area contributed by atoms with E-state index in [0.29, 0.717) is 11.2 Å². The van der Waals surface area contributed by atoms with Crippen LogP contribution in [0.15, 0.2) is 11.2 Å². The molecule has 18 heavy (non-hydrogen) atoms. The maximum atomic E-state index is 5.19. The van der Waals surface area contributed by atoms with Crippen LogP contribution in [0, 0.1) is 0 Å². The number of aromatic amines is 1. The van der Waals surface area contributed by atoms with Gasteiger partial charge in [-0.15, -0.1) is 0 Å². The van der Waals surface area contributed by atoms with Gasteiger partial charge in [-0.05, 0) is 6.42 Å². The number of fused-ring (bicyclic) bond motifs is 1. The molecule has 2 aromatic heterocycles. The number of nitrogens with one attached hydrogen (secondary N) is 2. The Bertz CT molecular complexity index is 539. The smallest absolute Gasteiger partial charge is 0.225 e. The zero-order chi connectivity index (χ0) is 12.4. The number of H-pyrrole nitrogens is 1. The van der Waals surface area contributed by atoms with Crippen molar-refractivity contribution >= 4 is 28.7 Å². The quantitative estimate of drug-likeness (QED) is 0.801. The first-order chi connectivity index (χ1) is 8.86. The summed E-state index contributed by atoms with van der Waals surface area (Å²) in [7, 11) is 0. The van der Waals surface area contributed by atoms with Gasteiger partial charge in [-0.3, -0.25) is 5.10 Å². The van der Waals surface area contributed by atoms with Gasteiger partial charge in [-0.25, -0.2) is 4.98 Å². The number of rotatable bonds is 5. The number of hydrogen-bond acceptors (Lipinski definition) is 6. The minimum absolute atomic E-state index is 0.497. The second-order valence-corrected chi connectivity index (χ2v) is 5.48. The van der Waals surface area contributed by atoms with Gasteiger partial charge in [0, 0.05) is 6.54 Å². The fraction of sp³-hybridized carbons (Fsp3) is 0.545. The molecule has 1 fully saturated rings. The predicted octanol–water partition coefficient (Wildman–Crippen LogP) is 1.67. The molecule has 3 heterocycles. The lowest BCUT2D eigenvalue weighted by molar-refractivity contribution is 0.0455. The van der Waals surface area contributed by atoms with E-state index in [1.165, 1.54) is 0 Å². The van der Waals surface area contributed by atoms with Crippen LogP contribution in [-0.2, 0) is 4.74 Å². The lowest BCUT2D eigenvalue weighted by atomic mass is 10.4. The van der Waals surface area contributed by atoms with Crippen molar-refractivity contribution in [3.05, 3.63) is 6.20 Å². The number of thioether (sulfide) groups is 1. The third-order valence-corrected chi connectivity index (χ3v) is 3.83. The molecule has 2 N–H and O–H groups in total. The zero-order valence-electron chi connectivity index (χ0n) is 10.1. The summed E-state index contributed by atoms with van der Waals surface area (Å²) in [6.07, 6.45) is 2.82. The highest BCUT2D eigenvalue weighted by molar-refractivity contribution is 8.00. The van der Waals surface area contributed by atoms with E-state index >= 15 is 0 Å². The summed E-state index contributed by atoms with van der Waals surface area (Å²) >= 11 is 1.74. The SMILES string of the molecule is CCCNc1nc(SC2COC2)c2cn[nH]c2n1. The van der Waals surface area contributed by atoms with Gasteiger partial charge in [0.2, 0.25) is 5.95 Å². The second-order valence-electron chi connectivity index (χ2n) is 4.19. The average molecular weight is 265 g/mol. The standard InChI is InChI=1S/C11H15N5OS/c1-2-3-12-11-14-9-8(4-13-16-9)10(15-11)18-7-5-17-6-7/h4,7H,2-3,5-6H2,1H3,(H2,12,13,14,15,16). The van der Waals surface area contributed by atoms with Crippen molar-refractivity contribution < 1.29 is 4.74 Å². The maximum absolute atomic E-state index is 5.19. The summed E-state index contributed by atoms with van der Waals surface area (Å²) in [5.41, 5.74) is 0.784. The minimum Gasteiger partial charge on any atom is -0.379 e. The lowest BCUT2D eigenvalue weighted by Crippen LogP contribution is -2.30. The third kappa shape index (κ3) is 2.28. The molecule has 0 amide bonds. The van der Waals surface area contributed by atoms with Crippen molar-refractivity contribution in [2.75, 3.05) is 25.1 Å². The minimum atomic E-state index is 0.497. The highest BCUT2D eigenvalue weighted by atomic mass is 32.2. The molecule has 0 radical (unpaired) electrons. The number of anilines is 1. The molecule has 0 bridgehead atoms. The first kappa shape index (κ1) is 11.7. The number of hydrogen-bond donors (Lipinski definition) is 2. The van der Waals surface area contributed by atoms with E-state index in [2.05, 4.69) is 32.4 Å². The highest BCUT2D eigenvalue weighted by Gasteiger charge is 2.22. The topological polar surface area (TPSA) is 75.7 Å². The van der Waals surface area contributed by atoms with Gasteiger partial charge in [0.05, 0.1) is 30.0 Å². The average Bonchev–Trinajstić information content (AvgIpc) is 2.79. The highest BCUT2D eigenvalue weighted by Crippen LogP contribution is 2.31. The van der Waals surface area contributed by atoms with E-state index in [1.54, 1.807) is 18.0 Å². The summed E-state index contributed by atoms with van der Waals surface area (Å²) in [4.78, 5) is 8.96. The van der Waals surface area contributed by atoms with Gasteiger partial charge < -0.3 is 10.1 Å². The Morgan fingerprint density at radius 3 is 3.11 bits per heavy atom. The van der Waals surface area contributed by atoms with Crippen LogP contribution in [0.25, 0.3) is 11.0 Å². The van der Waals surface area contributed by atoms with E-state index < -0.39 is 0 Å². The molecule has 2 aromatic rings. The molecule has 0 unspecified atom stereocenters. The van der Waals surface area contributed by atoms with Crippen molar-refractivity contribution in [1.29, 1.82) is 0 Å². The van der Waals surface area contributed by atoms with Gasteiger partial charge in [0.15, 0.2) is 5.65 Å².